The predicted molar refractivity (Wildman–Crippen MR) is 94.8 cm³/mol. The molecule has 0 radical (unpaired) electrons. The summed E-state index contributed by atoms with van der Waals surface area (Å²) in [4.78, 5) is 18.7. The van der Waals surface area contributed by atoms with Gasteiger partial charge in [0, 0.05) is 58.8 Å². The number of tetrazole rings is 1. The molecule has 0 spiro atoms. The number of nitrogens with zero attached hydrogens (tertiary/aromatic N) is 7. The largest absolute Gasteiger partial charge is 0.342 e. The maximum atomic E-state index is 11.6. The maximum Gasteiger partial charge on any atom is 0.219 e. The Kier molecular flexibility index (Phi) is 6.01. The molecule has 1 aromatic rings. The van der Waals surface area contributed by atoms with Crippen molar-refractivity contribution in [3.63, 3.8) is 0 Å². The summed E-state index contributed by atoms with van der Waals surface area (Å²) in [5.74, 6) is 1.79. The van der Waals surface area contributed by atoms with Crippen LogP contribution in [0.3, 0.4) is 0 Å². The van der Waals surface area contributed by atoms with E-state index in [1.54, 1.807) is 6.92 Å². The van der Waals surface area contributed by atoms with Crippen molar-refractivity contribution in [1.82, 2.24) is 34.9 Å². The van der Waals surface area contributed by atoms with Crippen molar-refractivity contribution >= 4 is 5.91 Å². The van der Waals surface area contributed by atoms with Crippen molar-refractivity contribution in [3.05, 3.63) is 5.82 Å². The number of rotatable bonds is 5. The lowest BCUT2D eigenvalue weighted by atomic mass is 10.0. The van der Waals surface area contributed by atoms with Gasteiger partial charge in [-0.15, -0.1) is 5.10 Å². The molecule has 8 nitrogen and oxygen atoms in total. The van der Waals surface area contributed by atoms with E-state index in [2.05, 4.69) is 39.2 Å². The van der Waals surface area contributed by atoms with Crippen molar-refractivity contribution in [1.29, 1.82) is 0 Å². The van der Waals surface area contributed by atoms with Gasteiger partial charge in [-0.05, 0) is 29.2 Å². The monoisotopic (exact) mass is 349 g/mol. The number of hydrogen-bond acceptors (Lipinski definition) is 6. The molecule has 0 saturated carbocycles. The van der Waals surface area contributed by atoms with Crippen LogP contribution in [0.4, 0.5) is 0 Å². The molecule has 0 bridgehead atoms. The van der Waals surface area contributed by atoms with E-state index < -0.39 is 0 Å². The quantitative estimate of drug-likeness (QED) is 0.769. The second-order valence-corrected chi connectivity index (χ2v) is 7.45. The lowest BCUT2D eigenvalue weighted by Crippen LogP contribution is -2.43. The Labute approximate surface area is 150 Å². The Morgan fingerprint density at radius 1 is 1.20 bits per heavy atom. The summed E-state index contributed by atoms with van der Waals surface area (Å²) in [5.41, 5.74) is 0. The van der Waals surface area contributed by atoms with Gasteiger partial charge in [-0.3, -0.25) is 14.6 Å². The molecule has 1 aromatic heterocycles. The van der Waals surface area contributed by atoms with E-state index in [0.717, 1.165) is 71.0 Å². The first-order valence-electron chi connectivity index (χ1n) is 9.55. The Balaban J connectivity index is 1.57. The molecule has 3 heterocycles. The van der Waals surface area contributed by atoms with E-state index in [1.807, 2.05) is 9.58 Å². The fourth-order valence-electron chi connectivity index (χ4n) is 4.16. The Bertz CT molecular complexity index is 575. The van der Waals surface area contributed by atoms with Crippen LogP contribution in [-0.2, 0) is 17.9 Å². The minimum absolute atomic E-state index is 0.200. The molecule has 8 heteroatoms. The molecule has 0 N–H and O–H groups in total. The van der Waals surface area contributed by atoms with Crippen LogP contribution in [0.2, 0.25) is 0 Å². The van der Waals surface area contributed by atoms with Crippen molar-refractivity contribution in [2.75, 3.05) is 39.3 Å². The van der Waals surface area contributed by atoms with Gasteiger partial charge in [-0.25, -0.2) is 4.68 Å². The number of hydrogen-bond donors (Lipinski definition) is 0. The van der Waals surface area contributed by atoms with Crippen molar-refractivity contribution in [2.24, 2.45) is 5.92 Å². The van der Waals surface area contributed by atoms with Crippen LogP contribution in [0.15, 0.2) is 0 Å². The summed E-state index contributed by atoms with van der Waals surface area (Å²) in [7, 11) is 0. The molecule has 0 aliphatic carbocycles. The molecular formula is C17H31N7O. The molecule has 1 amide bonds. The van der Waals surface area contributed by atoms with Crippen LogP contribution in [0.5, 0.6) is 0 Å². The first-order chi connectivity index (χ1) is 12.1. The third-order valence-corrected chi connectivity index (χ3v) is 5.50. The number of carbonyl (C=O) groups is 1. The van der Waals surface area contributed by atoms with Gasteiger partial charge in [0.15, 0.2) is 5.82 Å². The number of likely N-dealkylation sites (tertiary alicyclic amines) is 1. The molecule has 25 heavy (non-hydrogen) atoms. The van der Waals surface area contributed by atoms with Crippen molar-refractivity contribution < 1.29 is 4.79 Å². The first-order valence-corrected chi connectivity index (χ1v) is 9.55. The second kappa shape index (κ2) is 8.23. The Morgan fingerprint density at radius 3 is 2.80 bits per heavy atom. The molecule has 140 valence electrons. The van der Waals surface area contributed by atoms with E-state index >= 15 is 0 Å². The minimum Gasteiger partial charge on any atom is -0.342 e. The van der Waals surface area contributed by atoms with Gasteiger partial charge in [-0.2, -0.15) is 0 Å². The third-order valence-electron chi connectivity index (χ3n) is 5.50. The minimum atomic E-state index is 0.200. The fourth-order valence-corrected chi connectivity index (χ4v) is 4.16. The van der Waals surface area contributed by atoms with Crippen LogP contribution < -0.4 is 0 Å². The number of aromatic nitrogens is 4. The summed E-state index contributed by atoms with van der Waals surface area (Å²) in [5, 5.41) is 12.1. The SMILES string of the molecule is CCCn1nnnc1CN1C[C@@H](C)[C@@H](N2CCCN(C(C)=O)CC2)C1. The van der Waals surface area contributed by atoms with Gasteiger partial charge in [0.25, 0.3) is 0 Å². The highest BCUT2D eigenvalue weighted by Crippen LogP contribution is 2.24. The van der Waals surface area contributed by atoms with Crippen LogP contribution in [-0.4, -0.2) is 86.1 Å². The highest BCUT2D eigenvalue weighted by Gasteiger charge is 2.35. The zero-order valence-electron chi connectivity index (χ0n) is 15.8. The van der Waals surface area contributed by atoms with Crippen molar-refractivity contribution in [2.45, 2.75) is 52.7 Å². The third kappa shape index (κ3) is 4.36. The van der Waals surface area contributed by atoms with Crippen LogP contribution in [0, 0.1) is 5.92 Å². The topological polar surface area (TPSA) is 70.4 Å². The van der Waals surface area contributed by atoms with E-state index in [0.29, 0.717) is 12.0 Å². The normalized spacial score (nSPS) is 26.1. The Morgan fingerprint density at radius 2 is 2.04 bits per heavy atom. The van der Waals surface area contributed by atoms with E-state index in [-0.39, 0.29) is 5.91 Å². The summed E-state index contributed by atoms with van der Waals surface area (Å²) in [6, 6.07) is 0.558. The molecule has 0 aromatic carbocycles. The molecule has 2 fully saturated rings. The molecular weight excluding hydrogens is 318 g/mol. The molecule has 2 aliphatic rings. The van der Waals surface area contributed by atoms with E-state index in [9.17, 15) is 4.79 Å². The standard InChI is InChI=1S/C17H31N7O/c1-4-6-24-17(18-19-20-24)13-21-11-14(2)16(12-21)23-8-5-7-22(9-10-23)15(3)25/h14,16H,4-13H2,1-3H3/t14-,16+/m1/s1. The van der Waals surface area contributed by atoms with Gasteiger partial charge < -0.3 is 4.90 Å². The van der Waals surface area contributed by atoms with Gasteiger partial charge in [-0.1, -0.05) is 13.8 Å². The summed E-state index contributed by atoms with van der Waals surface area (Å²) in [6.45, 7) is 13.8. The van der Waals surface area contributed by atoms with Gasteiger partial charge in [0.2, 0.25) is 5.91 Å². The first kappa shape index (κ1) is 18.3. The lowest BCUT2D eigenvalue weighted by Gasteiger charge is -2.30. The highest BCUT2D eigenvalue weighted by molar-refractivity contribution is 5.73. The zero-order valence-corrected chi connectivity index (χ0v) is 15.8. The second-order valence-electron chi connectivity index (χ2n) is 7.45. The predicted octanol–water partition coefficient (Wildman–Crippen LogP) is 0.458. The molecule has 2 saturated heterocycles. The summed E-state index contributed by atoms with van der Waals surface area (Å²) in [6.07, 6.45) is 2.11. The van der Waals surface area contributed by atoms with E-state index in [4.69, 9.17) is 0 Å². The van der Waals surface area contributed by atoms with E-state index in [1.165, 1.54) is 0 Å². The Hall–Kier alpha value is -1.54. The number of amides is 1. The average Bonchev–Trinajstić information content (AvgIpc) is 3.06. The lowest BCUT2D eigenvalue weighted by molar-refractivity contribution is -0.128. The molecule has 2 aliphatic heterocycles. The van der Waals surface area contributed by atoms with Crippen LogP contribution in [0.1, 0.15) is 39.4 Å². The van der Waals surface area contributed by atoms with Crippen LogP contribution >= 0.6 is 0 Å². The highest BCUT2D eigenvalue weighted by atomic mass is 16.2. The molecule has 2 atom stereocenters. The zero-order chi connectivity index (χ0) is 17.8. The summed E-state index contributed by atoms with van der Waals surface area (Å²) < 4.78 is 1.93. The molecule has 0 unspecified atom stereocenters. The van der Waals surface area contributed by atoms with Gasteiger partial charge in [0.05, 0.1) is 6.54 Å². The van der Waals surface area contributed by atoms with Crippen LogP contribution in [0.25, 0.3) is 0 Å². The van der Waals surface area contributed by atoms with Crippen molar-refractivity contribution in [3.8, 4) is 0 Å². The average molecular weight is 349 g/mol. The van der Waals surface area contributed by atoms with Gasteiger partial charge >= 0.3 is 0 Å². The van der Waals surface area contributed by atoms with Gasteiger partial charge in [0.1, 0.15) is 0 Å². The molecule has 3 rings (SSSR count). The number of aryl methyl sites for hydroxylation is 1. The summed E-state index contributed by atoms with van der Waals surface area (Å²) >= 11 is 0. The number of carbonyl (C=O) groups excluding carboxylic acids is 1. The maximum absolute atomic E-state index is 11.6. The fraction of sp³-hybridized carbons (Fsp3) is 0.882. The smallest absolute Gasteiger partial charge is 0.219 e.